The van der Waals surface area contributed by atoms with E-state index in [-0.39, 0.29) is 11.9 Å². The molecule has 2 N–H and O–H groups in total. The highest BCUT2D eigenvalue weighted by atomic mass is 19.1. The molecule has 0 amide bonds. The first-order valence-corrected chi connectivity index (χ1v) is 11.2. The highest BCUT2D eigenvalue weighted by Crippen LogP contribution is 2.39. The number of aromatic amines is 1. The van der Waals surface area contributed by atoms with Crippen LogP contribution >= 0.6 is 0 Å². The normalized spacial score (nSPS) is 20.6. The van der Waals surface area contributed by atoms with Crippen LogP contribution in [0, 0.1) is 12.7 Å². The predicted molar refractivity (Wildman–Crippen MR) is 119 cm³/mol. The molecule has 7 nitrogen and oxygen atoms in total. The molecule has 2 atom stereocenters. The number of H-pyrrole nitrogens is 1. The summed E-state index contributed by atoms with van der Waals surface area (Å²) in [5.74, 6) is 0.624. The molecule has 1 saturated carbocycles. The van der Waals surface area contributed by atoms with Crippen molar-refractivity contribution in [2.45, 2.75) is 51.3 Å². The van der Waals surface area contributed by atoms with Crippen LogP contribution in [0.2, 0.25) is 0 Å². The molecule has 8 heteroatoms. The number of ether oxygens (including phenoxy) is 1. The summed E-state index contributed by atoms with van der Waals surface area (Å²) in [6.07, 6.45) is 10.7. The molecule has 1 fully saturated rings. The van der Waals surface area contributed by atoms with E-state index < -0.39 is 0 Å². The van der Waals surface area contributed by atoms with Gasteiger partial charge in [-0.25, -0.2) is 14.4 Å². The van der Waals surface area contributed by atoms with Gasteiger partial charge in [-0.05, 0) is 50.4 Å². The van der Waals surface area contributed by atoms with Crippen molar-refractivity contribution in [1.82, 2.24) is 30.0 Å². The van der Waals surface area contributed by atoms with E-state index >= 15 is 4.39 Å². The minimum absolute atomic E-state index is 0.0778. The Morgan fingerprint density at radius 3 is 3.03 bits per heavy atom. The fourth-order valence-corrected chi connectivity index (χ4v) is 5.17. The zero-order valence-electron chi connectivity index (χ0n) is 17.9. The zero-order chi connectivity index (χ0) is 21.7. The van der Waals surface area contributed by atoms with Crippen LogP contribution in [0.1, 0.15) is 42.1 Å². The van der Waals surface area contributed by atoms with Crippen molar-refractivity contribution in [2.24, 2.45) is 0 Å². The fourth-order valence-electron chi connectivity index (χ4n) is 5.17. The van der Waals surface area contributed by atoms with E-state index in [1.54, 1.807) is 18.7 Å². The maximum atomic E-state index is 15.3. The quantitative estimate of drug-likeness (QED) is 0.508. The molecular formula is C24H25FN6O. The van der Waals surface area contributed by atoms with E-state index in [4.69, 9.17) is 4.74 Å². The molecule has 0 bridgehead atoms. The molecule has 1 aromatic carbocycles. The van der Waals surface area contributed by atoms with Crippen LogP contribution in [0.15, 0.2) is 37.1 Å². The Balaban J connectivity index is 1.30. The lowest BCUT2D eigenvalue weighted by Gasteiger charge is -2.25. The van der Waals surface area contributed by atoms with Gasteiger partial charge in [0.25, 0.3) is 0 Å². The number of halogens is 1. The van der Waals surface area contributed by atoms with Crippen LogP contribution in [0.25, 0.3) is 22.2 Å². The smallest absolute Gasteiger partial charge is 0.143 e. The summed E-state index contributed by atoms with van der Waals surface area (Å²) in [5.41, 5.74) is 4.97. The third kappa shape index (κ3) is 3.17. The van der Waals surface area contributed by atoms with Crippen LogP contribution in [0.5, 0.6) is 5.75 Å². The van der Waals surface area contributed by atoms with Gasteiger partial charge in [0.15, 0.2) is 0 Å². The topological polar surface area (TPSA) is 80.7 Å². The lowest BCUT2D eigenvalue weighted by Crippen LogP contribution is -2.26. The van der Waals surface area contributed by atoms with Crippen molar-refractivity contribution < 1.29 is 9.13 Å². The van der Waals surface area contributed by atoms with E-state index in [2.05, 4.69) is 42.3 Å². The molecule has 6 rings (SSSR count). The number of nitrogens with zero attached hydrogens (tertiary/aromatic N) is 4. The van der Waals surface area contributed by atoms with Crippen molar-refractivity contribution in [1.29, 1.82) is 0 Å². The monoisotopic (exact) mass is 432 g/mol. The summed E-state index contributed by atoms with van der Waals surface area (Å²) >= 11 is 0. The Kier molecular flexibility index (Phi) is 4.68. The molecule has 1 aliphatic carbocycles. The molecule has 0 spiro atoms. The van der Waals surface area contributed by atoms with Crippen molar-refractivity contribution in [2.75, 3.05) is 6.54 Å². The van der Waals surface area contributed by atoms with Gasteiger partial charge in [0.1, 0.15) is 29.6 Å². The molecule has 2 unspecified atom stereocenters. The van der Waals surface area contributed by atoms with E-state index in [1.807, 2.05) is 13.0 Å². The number of aromatic nitrogens is 5. The van der Waals surface area contributed by atoms with Gasteiger partial charge in [0.2, 0.25) is 0 Å². The highest BCUT2D eigenvalue weighted by Gasteiger charge is 2.30. The van der Waals surface area contributed by atoms with E-state index in [1.165, 1.54) is 0 Å². The number of hydrogen-bond acceptors (Lipinski definition) is 5. The third-order valence-electron chi connectivity index (χ3n) is 6.85. The standard InChI is InChI=1S/C24H25FN6O/c1-14-18-5-7-31(24(18)28-13-27-14)16-2-3-17(8-16)32-22-9-20(15-10-29-30-11-15)23(25)19-4-6-26-12-21(19)22/h5,7,9-11,13,16-17,26H,2-4,6,8,12H2,1H3,(H,29,30). The number of nitrogens with one attached hydrogen (secondary N) is 2. The second-order valence-corrected chi connectivity index (χ2v) is 8.73. The first-order chi connectivity index (χ1) is 15.7. The average molecular weight is 433 g/mol. The molecule has 3 aromatic heterocycles. The first kappa shape index (κ1) is 19.4. The van der Waals surface area contributed by atoms with Crippen molar-refractivity contribution in [3.63, 3.8) is 0 Å². The minimum atomic E-state index is -0.159. The molecule has 0 radical (unpaired) electrons. The maximum Gasteiger partial charge on any atom is 0.143 e. The summed E-state index contributed by atoms with van der Waals surface area (Å²) in [6.45, 7) is 3.41. The molecular weight excluding hydrogens is 407 g/mol. The second kappa shape index (κ2) is 7.70. The van der Waals surface area contributed by atoms with Crippen LogP contribution in [0.4, 0.5) is 4.39 Å². The number of benzene rings is 1. The van der Waals surface area contributed by atoms with Crippen molar-refractivity contribution in [3.8, 4) is 16.9 Å². The summed E-state index contributed by atoms with van der Waals surface area (Å²) in [7, 11) is 0. The number of fused-ring (bicyclic) bond motifs is 2. The molecule has 4 aromatic rings. The molecule has 164 valence electrons. The lowest BCUT2D eigenvalue weighted by atomic mass is 9.94. The summed E-state index contributed by atoms with van der Waals surface area (Å²) < 4.78 is 24.1. The van der Waals surface area contributed by atoms with Gasteiger partial charge in [0.05, 0.1) is 11.9 Å². The molecule has 2 aliphatic rings. The Hall–Kier alpha value is -3.26. The van der Waals surface area contributed by atoms with Gasteiger partial charge >= 0.3 is 0 Å². The molecule has 0 saturated heterocycles. The van der Waals surface area contributed by atoms with E-state index in [0.717, 1.165) is 65.0 Å². The van der Waals surface area contributed by atoms with Gasteiger partial charge < -0.3 is 14.6 Å². The number of aryl methyl sites for hydroxylation is 1. The number of rotatable bonds is 4. The van der Waals surface area contributed by atoms with Crippen molar-refractivity contribution >= 4 is 11.0 Å². The van der Waals surface area contributed by atoms with Gasteiger partial charge in [-0.1, -0.05) is 0 Å². The highest BCUT2D eigenvalue weighted by molar-refractivity contribution is 5.78. The first-order valence-electron chi connectivity index (χ1n) is 11.2. The van der Waals surface area contributed by atoms with Gasteiger partial charge in [-0.15, -0.1) is 0 Å². The Morgan fingerprint density at radius 2 is 2.16 bits per heavy atom. The fraction of sp³-hybridized carbons (Fsp3) is 0.375. The Labute approximate surface area is 185 Å². The molecule has 4 heterocycles. The van der Waals surface area contributed by atoms with Gasteiger partial charge in [0, 0.05) is 53.5 Å². The van der Waals surface area contributed by atoms with E-state index in [9.17, 15) is 0 Å². The predicted octanol–water partition coefficient (Wildman–Crippen LogP) is 4.09. The van der Waals surface area contributed by atoms with E-state index in [0.29, 0.717) is 24.6 Å². The number of hydrogen-bond donors (Lipinski definition) is 2. The Morgan fingerprint density at radius 1 is 1.22 bits per heavy atom. The Bertz CT molecular complexity index is 1280. The third-order valence-corrected chi connectivity index (χ3v) is 6.85. The SMILES string of the molecule is Cc1ncnc2c1ccn2C1CCC(Oc2cc(-c3cn[nH]c3)c(F)c3c2CNCC3)C1. The van der Waals surface area contributed by atoms with Gasteiger partial charge in [-0.3, -0.25) is 5.10 Å². The van der Waals surface area contributed by atoms with Crippen LogP contribution in [-0.4, -0.2) is 37.4 Å². The van der Waals surface area contributed by atoms with Crippen LogP contribution in [-0.2, 0) is 13.0 Å². The summed E-state index contributed by atoms with van der Waals surface area (Å²) in [4.78, 5) is 8.82. The second-order valence-electron chi connectivity index (χ2n) is 8.73. The zero-order valence-corrected chi connectivity index (χ0v) is 17.9. The maximum absolute atomic E-state index is 15.3. The minimum Gasteiger partial charge on any atom is -0.490 e. The summed E-state index contributed by atoms with van der Waals surface area (Å²) in [6, 6.07) is 4.27. The van der Waals surface area contributed by atoms with Crippen LogP contribution in [0.3, 0.4) is 0 Å². The lowest BCUT2D eigenvalue weighted by molar-refractivity contribution is 0.201. The van der Waals surface area contributed by atoms with Gasteiger partial charge in [-0.2, -0.15) is 5.10 Å². The molecule has 32 heavy (non-hydrogen) atoms. The largest absolute Gasteiger partial charge is 0.490 e. The molecule has 1 aliphatic heterocycles. The van der Waals surface area contributed by atoms with Crippen molar-refractivity contribution in [3.05, 3.63) is 59.7 Å². The van der Waals surface area contributed by atoms with Crippen LogP contribution < -0.4 is 10.1 Å². The average Bonchev–Trinajstić information content (AvgIpc) is 3.57. The summed E-state index contributed by atoms with van der Waals surface area (Å²) in [5, 5.41) is 11.2.